The number of rotatable bonds is 5. The summed E-state index contributed by atoms with van der Waals surface area (Å²) in [6.07, 6.45) is 0.205. The molecular formula is C10H18ClNO3. The second-order valence-corrected chi connectivity index (χ2v) is 4.34. The minimum absolute atomic E-state index is 0.0681. The lowest BCUT2D eigenvalue weighted by atomic mass is 9.94. The van der Waals surface area contributed by atoms with Crippen molar-refractivity contribution in [2.75, 3.05) is 26.6 Å². The van der Waals surface area contributed by atoms with Crippen LogP contribution in [0, 0.1) is 5.41 Å². The van der Waals surface area contributed by atoms with Crippen molar-refractivity contribution in [2.24, 2.45) is 5.41 Å². The van der Waals surface area contributed by atoms with Crippen LogP contribution in [-0.2, 0) is 14.3 Å². The topological polar surface area (TPSA) is 46.6 Å². The van der Waals surface area contributed by atoms with Gasteiger partial charge in [0.2, 0.25) is 5.91 Å². The van der Waals surface area contributed by atoms with Crippen LogP contribution >= 0.6 is 11.6 Å². The molecule has 5 heteroatoms. The van der Waals surface area contributed by atoms with Crippen LogP contribution in [0.4, 0.5) is 0 Å². The minimum Gasteiger partial charge on any atom is -0.469 e. The number of carbonyl (C=O) groups excluding carboxylic acids is 2. The van der Waals surface area contributed by atoms with Gasteiger partial charge in [-0.3, -0.25) is 9.59 Å². The van der Waals surface area contributed by atoms with Crippen molar-refractivity contribution in [3.63, 3.8) is 0 Å². The monoisotopic (exact) mass is 235 g/mol. The first-order chi connectivity index (χ1) is 6.85. The number of ether oxygens (including phenoxy) is 1. The molecule has 88 valence electrons. The van der Waals surface area contributed by atoms with Crippen molar-refractivity contribution in [2.45, 2.75) is 20.3 Å². The third-order valence-corrected chi connectivity index (χ3v) is 2.81. The Morgan fingerprint density at radius 3 is 2.33 bits per heavy atom. The number of methoxy groups -OCH3 is 1. The number of alkyl halides is 1. The van der Waals surface area contributed by atoms with Crippen molar-refractivity contribution in [3.8, 4) is 0 Å². The van der Waals surface area contributed by atoms with Gasteiger partial charge in [-0.1, -0.05) is 0 Å². The zero-order valence-electron chi connectivity index (χ0n) is 9.67. The zero-order valence-corrected chi connectivity index (χ0v) is 10.4. The maximum Gasteiger partial charge on any atom is 0.307 e. The second-order valence-electron chi connectivity index (χ2n) is 4.07. The number of halogens is 1. The lowest BCUT2D eigenvalue weighted by Gasteiger charge is -2.27. The predicted molar refractivity (Wildman–Crippen MR) is 58.8 cm³/mol. The van der Waals surface area contributed by atoms with Gasteiger partial charge in [0.1, 0.15) is 0 Å². The first-order valence-corrected chi connectivity index (χ1v) is 5.27. The van der Waals surface area contributed by atoms with E-state index in [0.717, 1.165) is 0 Å². The van der Waals surface area contributed by atoms with Crippen LogP contribution in [0.25, 0.3) is 0 Å². The smallest absolute Gasteiger partial charge is 0.307 e. The average molecular weight is 236 g/mol. The van der Waals surface area contributed by atoms with Gasteiger partial charge in [0.15, 0.2) is 0 Å². The van der Waals surface area contributed by atoms with E-state index >= 15 is 0 Å². The average Bonchev–Trinajstić information content (AvgIpc) is 2.23. The quantitative estimate of drug-likeness (QED) is 0.533. The van der Waals surface area contributed by atoms with Gasteiger partial charge in [-0.15, -0.1) is 11.6 Å². The predicted octanol–water partition coefficient (Wildman–Crippen LogP) is 1.27. The van der Waals surface area contributed by atoms with E-state index in [9.17, 15) is 9.59 Å². The molecule has 0 saturated heterocycles. The van der Waals surface area contributed by atoms with Crippen molar-refractivity contribution < 1.29 is 14.3 Å². The summed E-state index contributed by atoms with van der Waals surface area (Å²) in [6, 6.07) is 0. The molecule has 15 heavy (non-hydrogen) atoms. The fraction of sp³-hybridized carbons (Fsp3) is 0.800. The van der Waals surface area contributed by atoms with Crippen molar-refractivity contribution in [1.82, 2.24) is 4.90 Å². The van der Waals surface area contributed by atoms with Crippen LogP contribution in [0.15, 0.2) is 0 Å². The maximum atomic E-state index is 11.8. The molecule has 0 aromatic heterocycles. The molecular weight excluding hydrogens is 218 g/mol. The summed E-state index contributed by atoms with van der Waals surface area (Å²) >= 11 is 5.68. The Morgan fingerprint density at radius 2 is 1.93 bits per heavy atom. The molecule has 0 atom stereocenters. The van der Waals surface area contributed by atoms with E-state index in [0.29, 0.717) is 6.54 Å². The largest absolute Gasteiger partial charge is 0.469 e. The van der Waals surface area contributed by atoms with Crippen molar-refractivity contribution in [3.05, 3.63) is 0 Å². The Balaban J connectivity index is 4.16. The summed E-state index contributed by atoms with van der Waals surface area (Å²) in [5.41, 5.74) is -0.591. The van der Waals surface area contributed by atoms with E-state index < -0.39 is 5.41 Å². The van der Waals surface area contributed by atoms with Crippen LogP contribution in [0.2, 0.25) is 0 Å². The first kappa shape index (κ1) is 14.2. The van der Waals surface area contributed by atoms with Crippen LogP contribution < -0.4 is 0 Å². The molecule has 0 aliphatic heterocycles. The molecule has 0 saturated carbocycles. The summed E-state index contributed by atoms with van der Waals surface area (Å²) in [5.74, 6) is -0.131. The van der Waals surface area contributed by atoms with Crippen LogP contribution in [0.5, 0.6) is 0 Å². The van der Waals surface area contributed by atoms with E-state index in [4.69, 9.17) is 11.6 Å². The maximum absolute atomic E-state index is 11.8. The normalized spacial score (nSPS) is 11.0. The Hall–Kier alpha value is -0.770. The van der Waals surface area contributed by atoms with Crippen molar-refractivity contribution >= 4 is 23.5 Å². The van der Waals surface area contributed by atoms with Crippen LogP contribution in [0.1, 0.15) is 20.3 Å². The van der Waals surface area contributed by atoms with Crippen LogP contribution in [-0.4, -0.2) is 43.4 Å². The number of nitrogens with zero attached hydrogens (tertiary/aromatic N) is 1. The molecule has 1 amide bonds. The van der Waals surface area contributed by atoms with Gasteiger partial charge in [0.05, 0.1) is 18.9 Å². The molecule has 0 fully saturated rings. The van der Waals surface area contributed by atoms with E-state index in [1.807, 2.05) is 0 Å². The first-order valence-electron chi connectivity index (χ1n) is 4.73. The highest BCUT2D eigenvalue weighted by atomic mass is 35.5. The highest BCUT2D eigenvalue weighted by molar-refractivity contribution is 6.19. The molecule has 0 spiro atoms. The van der Waals surface area contributed by atoms with Crippen molar-refractivity contribution in [1.29, 1.82) is 0 Å². The van der Waals surface area contributed by atoms with E-state index in [-0.39, 0.29) is 24.2 Å². The van der Waals surface area contributed by atoms with Gasteiger partial charge in [0.25, 0.3) is 0 Å². The number of amides is 1. The fourth-order valence-electron chi connectivity index (χ4n) is 1.04. The zero-order chi connectivity index (χ0) is 12.1. The molecule has 0 aromatic rings. The Kier molecular flexibility index (Phi) is 5.65. The van der Waals surface area contributed by atoms with Gasteiger partial charge >= 0.3 is 5.97 Å². The summed E-state index contributed by atoms with van der Waals surface area (Å²) < 4.78 is 4.49. The van der Waals surface area contributed by atoms with Crippen LogP contribution in [0.3, 0.4) is 0 Å². The molecule has 0 radical (unpaired) electrons. The second kappa shape index (κ2) is 5.95. The number of esters is 1. The molecule has 0 aliphatic rings. The summed E-state index contributed by atoms with van der Waals surface area (Å²) in [5, 5.41) is 0. The highest BCUT2D eigenvalue weighted by Crippen LogP contribution is 2.19. The molecule has 4 nitrogen and oxygen atoms in total. The number of hydrogen-bond donors (Lipinski definition) is 0. The lowest BCUT2D eigenvalue weighted by molar-refractivity contribution is -0.142. The molecule has 0 heterocycles. The lowest BCUT2D eigenvalue weighted by Crippen LogP contribution is -2.40. The highest BCUT2D eigenvalue weighted by Gasteiger charge is 2.29. The summed E-state index contributed by atoms with van der Waals surface area (Å²) in [6.45, 7) is 3.90. The summed E-state index contributed by atoms with van der Waals surface area (Å²) in [7, 11) is 2.98. The molecule has 0 unspecified atom stereocenters. The molecule has 0 aliphatic carbocycles. The van der Waals surface area contributed by atoms with E-state index in [2.05, 4.69) is 4.74 Å². The van der Waals surface area contributed by atoms with E-state index in [1.165, 1.54) is 12.0 Å². The molecule has 0 N–H and O–H groups in total. The molecule has 0 rings (SSSR count). The SMILES string of the molecule is COC(=O)CCN(C)C(=O)C(C)(C)CCl. The van der Waals surface area contributed by atoms with Gasteiger partial charge in [-0.05, 0) is 13.8 Å². The standard InChI is InChI=1S/C10H18ClNO3/c1-10(2,7-11)9(14)12(3)6-5-8(13)15-4/h5-7H2,1-4H3. The third-order valence-electron chi connectivity index (χ3n) is 2.14. The molecule has 0 aromatic carbocycles. The number of carbonyl (C=O) groups is 2. The molecule has 0 bridgehead atoms. The third kappa shape index (κ3) is 4.51. The number of hydrogen-bond acceptors (Lipinski definition) is 3. The Labute approximate surface area is 95.5 Å². The minimum atomic E-state index is -0.591. The Morgan fingerprint density at radius 1 is 1.40 bits per heavy atom. The van der Waals surface area contributed by atoms with Gasteiger partial charge < -0.3 is 9.64 Å². The van der Waals surface area contributed by atoms with Gasteiger partial charge in [0, 0.05) is 19.5 Å². The Bertz CT molecular complexity index is 241. The fourth-order valence-corrected chi connectivity index (χ4v) is 1.15. The summed E-state index contributed by atoms with van der Waals surface area (Å²) in [4.78, 5) is 24.2. The van der Waals surface area contributed by atoms with Gasteiger partial charge in [-0.2, -0.15) is 0 Å². The van der Waals surface area contributed by atoms with E-state index in [1.54, 1.807) is 20.9 Å². The van der Waals surface area contributed by atoms with Gasteiger partial charge in [-0.25, -0.2) is 0 Å².